The molecular weight excluding hydrogens is 298 g/mol. The summed E-state index contributed by atoms with van der Waals surface area (Å²) in [5.41, 5.74) is 1.37. The molecule has 4 heteroatoms. The van der Waals surface area contributed by atoms with Crippen molar-refractivity contribution in [3.63, 3.8) is 0 Å². The molecule has 2 atom stereocenters. The molecule has 1 N–H and O–H groups in total. The van der Waals surface area contributed by atoms with Crippen LogP contribution in [0.4, 0.5) is 0 Å². The minimum absolute atomic E-state index is 0.195. The van der Waals surface area contributed by atoms with Crippen molar-refractivity contribution in [2.45, 2.75) is 45.2 Å². The van der Waals surface area contributed by atoms with Crippen molar-refractivity contribution < 1.29 is 4.79 Å². The average Bonchev–Trinajstić information content (AvgIpc) is 3.15. The number of hydrogen-bond donors (Lipinski definition) is 1. The van der Waals surface area contributed by atoms with Gasteiger partial charge in [0.05, 0.1) is 5.92 Å². The van der Waals surface area contributed by atoms with E-state index >= 15 is 0 Å². The van der Waals surface area contributed by atoms with Crippen LogP contribution in [-0.2, 0) is 11.3 Å². The summed E-state index contributed by atoms with van der Waals surface area (Å²) in [4.78, 5) is 17.7. The summed E-state index contributed by atoms with van der Waals surface area (Å²) in [6.07, 6.45) is 4.38. The molecule has 0 aliphatic carbocycles. The molecule has 1 aromatic carbocycles. The first kappa shape index (κ1) is 17.4. The molecule has 132 valence electrons. The largest absolute Gasteiger partial charge is 0.338 e. The maximum absolute atomic E-state index is 13.0. The molecule has 24 heavy (non-hydrogen) atoms. The van der Waals surface area contributed by atoms with Gasteiger partial charge in [-0.25, -0.2) is 0 Å². The third-order valence-electron chi connectivity index (χ3n) is 5.33. The highest BCUT2D eigenvalue weighted by Gasteiger charge is 2.33. The quantitative estimate of drug-likeness (QED) is 0.871. The predicted octanol–water partition coefficient (Wildman–Crippen LogP) is 2.50. The molecule has 1 aromatic rings. The smallest absolute Gasteiger partial charge is 0.227 e. The number of amides is 1. The van der Waals surface area contributed by atoms with E-state index in [1.165, 1.54) is 12.0 Å². The van der Waals surface area contributed by atoms with Gasteiger partial charge in [0.15, 0.2) is 0 Å². The summed E-state index contributed by atoms with van der Waals surface area (Å²) >= 11 is 0. The first-order valence-corrected chi connectivity index (χ1v) is 9.55. The van der Waals surface area contributed by atoms with Gasteiger partial charge in [0.2, 0.25) is 5.91 Å². The highest BCUT2D eigenvalue weighted by Crippen LogP contribution is 2.22. The van der Waals surface area contributed by atoms with Gasteiger partial charge in [-0.15, -0.1) is 0 Å². The Morgan fingerprint density at radius 2 is 2.12 bits per heavy atom. The lowest BCUT2D eigenvalue weighted by molar-refractivity contribution is -0.138. The van der Waals surface area contributed by atoms with Crippen molar-refractivity contribution in [3.8, 4) is 0 Å². The lowest BCUT2D eigenvalue weighted by atomic mass is 9.99. The SMILES string of the molecule is CCCN(C(=O)C1CCNC1)C1CCCN(Cc2ccccc2)C1. The molecule has 0 spiro atoms. The van der Waals surface area contributed by atoms with E-state index in [4.69, 9.17) is 0 Å². The van der Waals surface area contributed by atoms with Crippen molar-refractivity contribution in [2.24, 2.45) is 5.92 Å². The Balaban J connectivity index is 1.63. The summed E-state index contributed by atoms with van der Waals surface area (Å²) in [6.45, 7) is 8.08. The molecular formula is C20H31N3O. The number of likely N-dealkylation sites (tertiary alicyclic amines) is 1. The molecule has 1 amide bonds. The molecule has 0 radical (unpaired) electrons. The van der Waals surface area contributed by atoms with Crippen LogP contribution in [-0.4, -0.2) is 54.5 Å². The molecule has 2 unspecified atom stereocenters. The fourth-order valence-electron chi connectivity index (χ4n) is 4.08. The van der Waals surface area contributed by atoms with Gasteiger partial charge in [0.1, 0.15) is 0 Å². The maximum Gasteiger partial charge on any atom is 0.227 e. The number of rotatable bonds is 6. The minimum atomic E-state index is 0.195. The molecule has 2 heterocycles. The molecule has 2 aliphatic heterocycles. The highest BCUT2D eigenvalue weighted by molar-refractivity contribution is 5.79. The highest BCUT2D eigenvalue weighted by atomic mass is 16.2. The Labute approximate surface area is 146 Å². The van der Waals surface area contributed by atoms with E-state index in [2.05, 4.69) is 52.4 Å². The van der Waals surface area contributed by atoms with Crippen LogP contribution in [0.15, 0.2) is 30.3 Å². The van der Waals surface area contributed by atoms with Crippen LogP contribution in [0.1, 0.15) is 38.2 Å². The van der Waals surface area contributed by atoms with Crippen molar-refractivity contribution in [2.75, 3.05) is 32.7 Å². The van der Waals surface area contributed by atoms with E-state index in [1.807, 2.05) is 0 Å². The number of benzene rings is 1. The van der Waals surface area contributed by atoms with E-state index in [0.717, 1.165) is 58.5 Å². The molecule has 0 bridgehead atoms. The van der Waals surface area contributed by atoms with Crippen LogP contribution in [0, 0.1) is 5.92 Å². The van der Waals surface area contributed by atoms with Crippen molar-refractivity contribution >= 4 is 5.91 Å². The maximum atomic E-state index is 13.0. The van der Waals surface area contributed by atoms with E-state index in [9.17, 15) is 4.79 Å². The molecule has 0 saturated carbocycles. The summed E-state index contributed by atoms with van der Waals surface area (Å²) in [6, 6.07) is 11.1. The zero-order chi connectivity index (χ0) is 16.8. The van der Waals surface area contributed by atoms with Crippen molar-refractivity contribution in [1.29, 1.82) is 0 Å². The van der Waals surface area contributed by atoms with Gasteiger partial charge < -0.3 is 10.2 Å². The Kier molecular flexibility index (Phi) is 6.27. The van der Waals surface area contributed by atoms with Crippen LogP contribution in [0.5, 0.6) is 0 Å². The number of nitrogens with one attached hydrogen (secondary N) is 1. The minimum Gasteiger partial charge on any atom is -0.338 e. The number of hydrogen-bond acceptors (Lipinski definition) is 3. The topological polar surface area (TPSA) is 35.6 Å². The average molecular weight is 329 g/mol. The van der Waals surface area contributed by atoms with Crippen LogP contribution in [0.3, 0.4) is 0 Å². The lowest BCUT2D eigenvalue weighted by Crippen LogP contribution is -2.52. The number of carbonyl (C=O) groups is 1. The van der Waals surface area contributed by atoms with Gasteiger partial charge >= 0.3 is 0 Å². The first-order valence-electron chi connectivity index (χ1n) is 9.55. The number of piperidine rings is 1. The Morgan fingerprint density at radius 1 is 1.29 bits per heavy atom. The molecule has 2 aliphatic rings. The Morgan fingerprint density at radius 3 is 2.83 bits per heavy atom. The van der Waals surface area contributed by atoms with E-state index in [1.54, 1.807) is 0 Å². The lowest BCUT2D eigenvalue weighted by Gasteiger charge is -2.40. The predicted molar refractivity (Wildman–Crippen MR) is 97.7 cm³/mol. The second kappa shape index (κ2) is 8.63. The first-order chi connectivity index (χ1) is 11.8. The summed E-state index contributed by atoms with van der Waals surface area (Å²) < 4.78 is 0. The normalized spacial score (nSPS) is 24.9. The van der Waals surface area contributed by atoms with Gasteiger partial charge in [-0.05, 0) is 44.3 Å². The van der Waals surface area contributed by atoms with Gasteiger partial charge in [-0.1, -0.05) is 37.3 Å². The Hall–Kier alpha value is -1.39. The second-order valence-corrected chi connectivity index (χ2v) is 7.24. The fourth-order valence-corrected chi connectivity index (χ4v) is 4.08. The monoisotopic (exact) mass is 329 g/mol. The number of nitrogens with zero attached hydrogens (tertiary/aromatic N) is 2. The van der Waals surface area contributed by atoms with Crippen molar-refractivity contribution in [1.82, 2.24) is 15.1 Å². The standard InChI is InChI=1S/C20H31N3O/c1-2-12-23(20(24)18-10-11-21-14-18)19-9-6-13-22(16-19)15-17-7-4-3-5-8-17/h3-5,7-8,18-19,21H,2,6,9-16H2,1H3. The molecule has 2 saturated heterocycles. The Bertz CT molecular complexity index is 513. The zero-order valence-corrected chi connectivity index (χ0v) is 14.9. The summed E-state index contributed by atoms with van der Waals surface area (Å²) in [7, 11) is 0. The van der Waals surface area contributed by atoms with Crippen LogP contribution in [0.25, 0.3) is 0 Å². The van der Waals surface area contributed by atoms with Crippen LogP contribution >= 0.6 is 0 Å². The molecule has 0 aromatic heterocycles. The molecule has 3 rings (SSSR count). The second-order valence-electron chi connectivity index (χ2n) is 7.24. The summed E-state index contributed by atoms with van der Waals surface area (Å²) in [5, 5.41) is 3.34. The third kappa shape index (κ3) is 4.37. The molecule has 2 fully saturated rings. The third-order valence-corrected chi connectivity index (χ3v) is 5.33. The van der Waals surface area contributed by atoms with Gasteiger partial charge in [-0.2, -0.15) is 0 Å². The van der Waals surface area contributed by atoms with Crippen LogP contribution < -0.4 is 5.32 Å². The number of carbonyl (C=O) groups excluding carboxylic acids is 1. The van der Waals surface area contributed by atoms with E-state index in [-0.39, 0.29) is 5.92 Å². The van der Waals surface area contributed by atoms with Gasteiger partial charge in [0, 0.05) is 32.2 Å². The van der Waals surface area contributed by atoms with Gasteiger partial charge in [0.25, 0.3) is 0 Å². The zero-order valence-electron chi connectivity index (χ0n) is 14.9. The van der Waals surface area contributed by atoms with E-state index < -0.39 is 0 Å². The van der Waals surface area contributed by atoms with Crippen LogP contribution in [0.2, 0.25) is 0 Å². The summed E-state index contributed by atoms with van der Waals surface area (Å²) in [5.74, 6) is 0.578. The molecule has 4 nitrogen and oxygen atoms in total. The fraction of sp³-hybridized carbons (Fsp3) is 0.650. The van der Waals surface area contributed by atoms with Crippen molar-refractivity contribution in [3.05, 3.63) is 35.9 Å². The van der Waals surface area contributed by atoms with E-state index in [0.29, 0.717) is 11.9 Å². The van der Waals surface area contributed by atoms with Gasteiger partial charge in [-0.3, -0.25) is 9.69 Å².